The molecule has 0 spiro atoms. The fourth-order valence-corrected chi connectivity index (χ4v) is 4.32. The van der Waals surface area contributed by atoms with E-state index in [9.17, 15) is 9.18 Å². The van der Waals surface area contributed by atoms with Crippen LogP contribution < -0.4 is 16.4 Å². The number of thiophene rings is 1. The second-order valence-electron chi connectivity index (χ2n) is 6.39. The highest BCUT2D eigenvalue weighted by molar-refractivity contribution is 9.18. The van der Waals surface area contributed by atoms with Gasteiger partial charge in [-0.05, 0) is 40.2 Å². The predicted octanol–water partition coefficient (Wildman–Crippen LogP) is 4.39. The van der Waals surface area contributed by atoms with Gasteiger partial charge in [-0.2, -0.15) is 4.39 Å². The molecule has 4 rings (SSSR count). The normalized spacial score (nSPS) is 10.8. The molecule has 0 bridgehead atoms. The van der Waals surface area contributed by atoms with Crippen LogP contribution in [0.4, 0.5) is 21.6 Å². The Hall–Kier alpha value is -3.44. The summed E-state index contributed by atoms with van der Waals surface area (Å²) in [4.78, 5) is 24.9. The summed E-state index contributed by atoms with van der Waals surface area (Å²) in [7, 11) is 0. The van der Waals surface area contributed by atoms with Gasteiger partial charge in [0.25, 0.3) is 5.91 Å². The molecular weight excluding hydrogens is 485 g/mol. The lowest BCUT2D eigenvalue weighted by atomic mass is 10.1. The number of anilines is 3. The fourth-order valence-electron chi connectivity index (χ4n) is 2.99. The van der Waals surface area contributed by atoms with E-state index >= 15 is 0 Å². The third-order valence-electron chi connectivity index (χ3n) is 4.39. The van der Waals surface area contributed by atoms with Gasteiger partial charge in [0.05, 0.1) is 39.3 Å². The van der Waals surface area contributed by atoms with E-state index in [-0.39, 0.29) is 17.1 Å². The first-order valence-electron chi connectivity index (χ1n) is 8.96. The zero-order chi connectivity index (χ0) is 22.0. The number of aromatic nitrogens is 3. The second kappa shape index (κ2) is 8.74. The molecule has 0 saturated heterocycles. The second-order valence-corrected chi connectivity index (χ2v) is 8.06. The summed E-state index contributed by atoms with van der Waals surface area (Å²) in [6.07, 6.45) is 1.31. The molecule has 0 saturated carbocycles. The van der Waals surface area contributed by atoms with Crippen molar-refractivity contribution >= 4 is 65.2 Å². The zero-order valence-electron chi connectivity index (χ0n) is 15.8. The van der Waals surface area contributed by atoms with Crippen LogP contribution in [0.5, 0.6) is 0 Å². The molecule has 3 aromatic heterocycles. The van der Waals surface area contributed by atoms with Crippen molar-refractivity contribution < 1.29 is 9.18 Å². The Labute approximate surface area is 188 Å². The molecule has 31 heavy (non-hydrogen) atoms. The topological polar surface area (TPSA) is 130 Å². The molecule has 0 aliphatic carbocycles. The van der Waals surface area contributed by atoms with Crippen LogP contribution in [0.3, 0.4) is 0 Å². The van der Waals surface area contributed by atoms with E-state index in [1.165, 1.54) is 23.7 Å². The van der Waals surface area contributed by atoms with Crippen molar-refractivity contribution in [1.29, 1.82) is 5.41 Å². The van der Waals surface area contributed by atoms with Crippen molar-refractivity contribution in [1.82, 2.24) is 15.0 Å². The molecule has 0 fully saturated rings. The van der Waals surface area contributed by atoms with Crippen molar-refractivity contribution in [2.45, 2.75) is 6.54 Å². The van der Waals surface area contributed by atoms with Gasteiger partial charge in [-0.1, -0.05) is 12.1 Å². The lowest BCUT2D eigenvalue weighted by molar-refractivity contribution is 0.102. The summed E-state index contributed by atoms with van der Waals surface area (Å²) in [5, 5.41) is 15.8. The monoisotopic (exact) mass is 499 g/mol. The third-order valence-corrected chi connectivity index (χ3v) is 5.78. The third kappa shape index (κ3) is 4.37. The van der Waals surface area contributed by atoms with Crippen LogP contribution in [0.15, 0.2) is 48.1 Å². The number of rotatable bonds is 6. The minimum Gasteiger partial charge on any atom is -0.382 e. The molecule has 4 aromatic rings. The van der Waals surface area contributed by atoms with Gasteiger partial charge >= 0.3 is 0 Å². The quantitative estimate of drug-likeness (QED) is 0.230. The van der Waals surface area contributed by atoms with Crippen molar-refractivity contribution in [2.24, 2.45) is 0 Å². The highest BCUT2D eigenvalue weighted by Crippen LogP contribution is 2.31. The number of nitrogen functional groups attached to an aromatic ring is 1. The van der Waals surface area contributed by atoms with Crippen molar-refractivity contribution in [3.63, 3.8) is 0 Å². The molecular formula is C20H15BrFN7OS. The summed E-state index contributed by atoms with van der Waals surface area (Å²) in [6, 6.07) is 9.72. The Balaban J connectivity index is 1.62. The molecule has 3 heterocycles. The molecule has 0 radical (unpaired) electrons. The Morgan fingerprint density at radius 2 is 1.97 bits per heavy atom. The molecule has 0 atom stereocenters. The maximum absolute atomic E-state index is 13.3. The van der Waals surface area contributed by atoms with E-state index in [0.717, 1.165) is 0 Å². The van der Waals surface area contributed by atoms with Gasteiger partial charge in [-0.3, -0.25) is 10.2 Å². The van der Waals surface area contributed by atoms with Crippen LogP contribution in [0.1, 0.15) is 21.6 Å². The van der Waals surface area contributed by atoms with Crippen LogP contribution in [0.25, 0.3) is 10.2 Å². The largest absolute Gasteiger partial charge is 0.382 e. The molecule has 0 aliphatic rings. The fraction of sp³-hybridized carbons (Fsp3) is 0.0500. The number of fused-ring (bicyclic) bond motifs is 1. The Morgan fingerprint density at radius 3 is 2.74 bits per heavy atom. The Kier molecular flexibility index (Phi) is 5.87. The van der Waals surface area contributed by atoms with Gasteiger partial charge < -0.3 is 16.4 Å². The van der Waals surface area contributed by atoms with Gasteiger partial charge in [-0.25, -0.2) is 15.0 Å². The number of hydrogen-bond donors (Lipinski definition) is 4. The predicted molar refractivity (Wildman–Crippen MR) is 124 cm³/mol. The maximum atomic E-state index is 13.3. The highest BCUT2D eigenvalue weighted by atomic mass is 79.9. The summed E-state index contributed by atoms with van der Waals surface area (Å²) in [5.74, 6) is -0.640. The summed E-state index contributed by atoms with van der Waals surface area (Å²) < 4.78 is 14.0. The van der Waals surface area contributed by atoms with Crippen molar-refractivity contribution in [3.8, 4) is 0 Å². The standard InChI is InChI=1S/C20H15BrFN7OS/c21-18(23)15-12(25-7-10-3-1-6-14(22)28-10)4-2-5-13(15)29-20(30)11-8-31-17-16(11)26-9-27-19(17)24/h1-6,8-9,23,25H,7H2,(H,29,30)(H2,24,26,27). The number of pyridine rings is 1. The van der Waals surface area contributed by atoms with Crippen LogP contribution >= 0.6 is 27.3 Å². The number of carbonyl (C=O) groups excluding carboxylic acids is 1. The van der Waals surface area contributed by atoms with Crippen molar-refractivity contribution in [2.75, 3.05) is 16.4 Å². The molecule has 0 unspecified atom stereocenters. The van der Waals surface area contributed by atoms with E-state index in [4.69, 9.17) is 11.1 Å². The van der Waals surface area contributed by atoms with E-state index in [1.54, 1.807) is 35.7 Å². The van der Waals surface area contributed by atoms with Crippen LogP contribution in [0, 0.1) is 11.4 Å². The first kappa shape index (κ1) is 20.8. The highest BCUT2D eigenvalue weighted by Gasteiger charge is 2.19. The maximum Gasteiger partial charge on any atom is 0.258 e. The minimum atomic E-state index is -0.568. The number of nitrogens with zero attached hydrogens (tertiary/aromatic N) is 3. The molecule has 1 amide bonds. The van der Waals surface area contributed by atoms with Gasteiger partial charge in [-0.15, -0.1) is 11.3 Å². The number of amides is 1. The Morgan fingerprint density at radius 1 is 1.19 bits per heavy atom. The summed E-state index contributed by atoms with van der Waals surface area (Å²) >= 11 is 4.48. The lowest BCUT2D eigenvalue weighted by Gasteiger charge is -2.15. The average molecular weight is 500 g/mol. The van der Waals surface area contributed by atoms with E-state index in [0.29, 0.717) is 44.2 Å². The van der Waals surface area contributed by atoms with Gasteiger partial charge in [0.15, 0.2) is 0 Å². The van der Waals surface area contributed by atoms with Gasteiger partial charge in [0, 0.05) is 11.1 Å². The van der Waals surface area contributed by atoms with Crippen LogP contribution in [-0.2, 0) is 6.54 Å². The molecule has 11 heteroatoms. The molecule has 156 valence electrons. The SMILES string of the molecule is N=C(Br)c1c(NCc2cccc(F)n2)cccc1NC(=O)c1csc2c(N)ncnc12. The smallest absolute Gasteiger partial charge is 0.258 e. The number of carbonyl (C=O) groups is 1. The lowest BCUT2D eigenvalue weighted by Crippen LogP contribution is -2.15. The summed E-state index contributed by atoms with van der Waals surface area (Å²) in [5.41, 5.74) is 8.63. The van der Waals surface area contributed by atoms with Gasteiger partial charge in [0.2, 0.25) is 5.95 Å². The number of hydrogen-bond acceptors (Lipinski definition) is 8. The molecule has 0 aliphatic heterocycles. The zero-order valence-corrected chi connectivity index (χ0v) is 18.2. The molecule has 5 N–H and O–H groups in total. The number of nitrogens with one attached hydrogen (secondary N) is 3. The van der Waals surface area contributed by atoms with Gasteiger partial charge in [0.1, 0.15) is 16.8 Å². The first-order valence-corrected chi connectivity index (χ1v) is 10.6. The van der Waals surface area contributed by atoms with E-state index in [1.807, 2.05) is 0 Å². The van der Waals surface area contributed by atoms with Crippen LogP contribution in [-0.4, -0.2) is 25.5 Å². The Bertz CT molecular complexity index is 1310. The van der Waals surface area contributed by atoms with Crippen molar-refractivity contribution in [3.05, 3.63) is 70.9 Å². The summed E-state index contributed by atoms with van der Waals surface area (Å²) in [6.45, 7) is 0.244. The minimum absolute atomic E-state index is 0.0693. The first-order chi connectivity index (χ1) is 14.9. The molecule has 8 nitrogen and oxygen atoms in total. The average Bonchev–Trinajstić information content (AvgIpc) is 3.18. The van der Waals surface area contributed by atoms with E-state index in [2.05, 4.69) is 41.5 Å². The number of halogens is 2. The van der Waals surface area contributed by atoms with Crippen LogP contribution in [0.2, 0.25) is 0 Å². The number of benzene rings is 1. The number of nitrogens with two attached hydrogens (primary N) is 1. The van der Waals surface area contributed by atoms with E-state index < -0.39 is 5.95 Å². The molecule has 1 aromatic carbocycles.